The molecule has 0 atom stereocenters. The predicted octanol–water partition coefficient (Wildman–Crippen LogP) is 4.13. The second kappa shape index (κ2) is 9.31. The van der Waals surface area contributed by atoms with Crippen LogP contribution in [-0.4, -0.2) is 12.5 Å². The minimum absolute atomic E-state index is 0.0339. The molecule has 5 heteroatoms. The summed E-state index contributed by atoms with van der Waals surface area (Å²) < 4.78 is 5.70. The van der Waals surface area contributed by atoms with Gasteiger partial charge in [0.2, 0.25) is 0 Å². The first-order valence-corrected chi connectivity index (χ1v) is 7.99. The summed E-state index contributed by atoms with van der Waals surface area (Å²) in [4.78, 5) is 11.8. The van der Waals surface area contributed by atoms with Crippen LogP contribution in [0.3, 0.4) is 0 Å². The molecule has 0 aromatic heterocycles. The van der Waals surface area contributed by atoms with Crippen molar-refractivity contribution >= 4 is 23.6 Å². The summed E-state index contributed by atoms with van der Waals surface area (Å²) in [6, 6.07) is 16.5. The molecule has 0 saturated carbocycles. The molecule has 0 radical (unpaired) electrons. The summed E-state index contributed by atoms with van der Waals surface area (Å²) in [7, 11) is 0. The van der Waals surface area contributed by atoms with Crippen molar-refractivity contribution in [2.24, 2.45) is 0 Å². The predicted molar refractivity (Wildman–Crippen MR) is 99.0 cm³/mol. The molecule has 0 heterocycles. The van der Waals surface area contributed by atoms with Crippen LogP contribution in [0.4, 0.5) is 0 Å². The van der Waals surface area contributed by atoms with Gasteiger partial charge in [0.15, 0.2) is 0 Å². The highest BCUT2D eigenvalue weighted by Crippen LogP contribution is 2.19. The van der Waals surface area contributed by atoms with E-state index >= 15 is 0 Å². The SMILES string of the molecule is C=CCNC(=O)/C(C#N)=C\c1ccc(OCc2ccccc2Cl)cc1. The largest absolute Gasteiger partial charge is 0.489 e. The minimum atomic E-state index is -0.429. The molecule has 2 aromatic carbocycles. The number of benzene rings is 2. The van der Waals surface area contributed by atoms with Crippen molar-refractivity contribution in [3.8, 4) is 11.8 Å². The highest BCUT2D eigenvalue weighted by molar-refractivity contribution is 6.31. The molecule has 0 spiro atoms. The Labute approximate surface area is 152 Å². The molecule has 1 amide bonds. The Morgan fingerprint density at radius 2 is 1.96 bits per heavy atom. The molecule has 4 nitrogen and oxygen atoms in total. The number of hydrogen-bond donors (Lipinski definition) is 1. The maximum atomic E-state index is 11.8. The Morgan fingerprint density at radius 1 is 1.24 bits per heavy atom. The van der Waals surface area contributed by atoms with Gasteiger partial charge in [-0.2, -0.15) is 5.26 Å². The van der Waals surface area contributed by atoms with Crippen molar-refractivity contribution in [2.45, 2.75) is 6.61 Å². The van der Waals surface area contributed by atoms with Crippen LogP contribution in [0.25, 0.3) is 6.08 Å². The number of carbonyl (C=O) groups excluding carboxylic acids is 1. The number of nitrogens with zero attached hydrogens (tertiary/aromatic N) is 1. The molecule has 0 fully saturated rings. The lowest BCUT2D eigenvalue weighted by Gasteiger charge is -2.08. The number of amides is 1. The van der Waals surface area contributed by atoms with Gasteiger partial charge in [0, 0.05) is 17.1 Å². The number of rotatable bonds is 7. The van der Waals surface area contributed by atoms with Crippen LogP contribution in [0.5, 0.6) is 5.75 Å². The van der Waals surface area contributed by atoms with Crippen molar-refractivity contribution < 1.29 is 9.53 Å². The van der Waals surface area contributed by atoms with Gasteiger partial charge in [-0.3, -0.25) is 4.79 Å². The van der Waals surface area contributed by atoms with Crippen molar-refractivity contribution in [3.63, 3.8) is 0 Å². The molecule has 2 rings (SSSR count). The number of nitriles is 1. The molecule has 0 unspecified atom stereocenters. The zero-order valence-corrected chi connectivity index (χ0v) is 14.3. The number of halogens is 1. The lowest BCUT2D eigenvalue weighted by Crippen LogP contribution is -2.24. The fourth-order valence-electron chi connectivity index (χ4n) is 2.01. The van der Waals surface area contributed by atoms with Gasteiger partial charge >= 0.3 is 0 Å². The molecule has 25 heavy (non-hydrogen) atoms. The van der Waals surface area contributed by atoms with Gasteiger partial charge in [0.25, 0.3) is 5.91 Å². The third-order valence-electron chi connectivity index (χ3n) is 3.32. The number of nitrogens with one attached hydrogen (secondary N) is 1. The number of ether oxygens (including phenoxy) is 1. The average Bonchev–Trinajstić information content (AvgIpc) is 2.64. The molecule has 0 bridgehead atoms. The van der Waals surface area contributed by atoms with Gasteiger partial charge in [0.05, 0.1) is 0 Å². The van der Waals surface area contributed by atoms with Crippen LogP contribution in [0.15, 0.2) is 66.8 Å². The smallest absolute Gasteiger partial charge is 0.262 e. The van der Waals surface area contributed by atoms with Crippen LogP contribution in [0.2, 0.25) is 5.02 Å². The summed E-state index contributed by atoms with van der Waals surface area (Å²) in [6.07, 6.45) is 3.08. The average molecular weight is 353 g/mol. The van der Waals surface area contributed by atoms with Crippen molar-refractivity contribution in [3.05, 3.63) is 82.9 Å². The summed E-state index contributed by atoms with van der Waals surface area (Å²) in [5, 5.41) is 12.3. The van der Waals surface area contributed by atoms with Crippen LogP contribution in [0, 0.1) is 11.3 Å². The number of carbonyl (C=O) groups is 1. The van der Waals surface area contributed by atoms with Crippen LogP contribution >= 0.6 is 11.6 Å². The molecule has 0 aliphatic rings. The van der Waals surface area contributed by atoms with Crippen LogP contribution in [-0.2, 0) is 11.4 Å². The topological polar surface area (TPSA) is 62.1 Å². The van der Waals surface area contributed by atoms with E-state index in [9.17, 15) is 4.79 Å². The van der Waals surface area contributed by atoms with E-state index in [0.717, 1.165) is 11.1 Å². The van der Waals surface area contributed by atoms with E-state index in [1.807, 2.05) is 30.3 Å². The van der Waals surface area contributed by atoms with Crippen molar-refractivity contribution in [2.75, 3.05) is 6.54 Å². The molecule has 0 aliphatic carbocycles. The van der Waals surface area contributed by atoms with E-state index in [1.54, 1.807) is 30.3 Å². The highest BCUT2D eigenvalue weighted by Gasteiger charge is 2.07. The van der Waals surface area contributed by atoms with Gasteiger partial charge in [-0.05, 0) is 29.8 Å². The van der Waals surface area contributed by atoms with E-state index in [-0.39, 0.29) is 5.57 Å². The van der Waals surface area contributed by atoms with E-state index < -0.39 is 5.91 Å². The third kappa shape index (κ3) is 5.52. The Kier molecular flexibility index (Phi) is 6.82. The Morgan fingerprint density at radius 3 is 2.60 bits per heavy atom. The van der Waals surface area contributed by atoms with Crippen molar-refractivity contribution in [1.82, 2.24) is 5.32 Å². The fourth-order valence-corrected chi connectivity index (χ4v) is 2.20. The lowest BCUT2D eigenvalue weighted by atomic mass is 10.1. The maximum Gasteiger partial charge on any atom is 0.262 e. The van der Waals surface area contributed by atoms with Gasteiger partial charge in [-0.1, -0.05) is 48.0 Å². The van der Waals surface area contributed by atoms with E-state index in [2.05, 4.69) is 11.9 Å². The Hall–Kier alpha value is -3.03. The monoisotopic (exact) mass is 352 g/mol. The summed E-state index contributed by atoms with van der Waals surface area (Å²) in [5.74, 6) is 0.244. The second-order valence-electron chi connectivity index (χ2n) is 5.12. The fraction of sp³-hybridized carbons (Fsp3) is 0.100. The Bertz CT molecular complexity index is 820. The van der Waals surface area contributed by atoms with Gasteiger partial charge in [-0.15, -0.1) is 6.58 Å². The molecular formula is C20H17ClN2O2. The summed E-state index contributed by atoms with van der Waals surface area (Å²) in [5.41, 5.74) is 1.67. The van der Waals surface area contributed by atoms with Gasteiger partial charge in [0.1, 0.15) is 24.0 Å². The van der Waals surface area contributed by atoms with E-state index in [4.69, 9.17) is 21.6 Å². The van der Waals surface area contributed by atoms with Gasteiger partial charge in [-0.25, -0.2) is 0 Å². The normalized spacial score (nSPS) is 10.6. The van der Waals surface area contributed by atoms with E-state index in [0.29, 0.717) is 23.9 Å². The molecule has 0 saturated heterocycles. The zero-order valence-electron chi connectivity index (χ0n) is 13.5. The first kappa shape index (κ1) is 18.3. The van der Waals surface area contributed by atoms with E-state index in [1.165, 1.54) is 6.08 Å². The van der Waals surface area contributed by atoms with Crippen LogP contribution < -0.4 is 10.1 Å². The number of hydrogen-bond acceptors (Lipinski definition) is 3. The quantitative estimate of drug-likeness (QED) is 0.463. The highest BCUT2D eigenvalue weighted by atomic mass is 35.5. The maximum absolute atomic E-state index is 11.8. The summed E-state index contributed by atoms with van der Waals surface area (Å²) in [6.45, 7) is 4.19. The van der Waals surface area contributed by atoms with Crippen molar-refractivity contribution in [1.29, 1.82) is 5.26 Å². The minimum Gasteiger partial charge on any atom is -0.489 e. The molecule has 0 aliphatic heterocycles. The Balaban J connectivity index is 2.02. The molecular weight excluding hydrogens is 336 g/mol. The van der Waals surface area contributed by atoms with Crippen LogP contribution in [0.1, 0.15) is 11.1 Å². The third-order valence-corrected chi connectivity index (χ3v) is 3.68. The molecule has 1 N–H and O–H groups in total. The first-order chi connectivity index (χ1) is 12.1. The summed E-state index contributed by atoms with van der Waals surface area (Å²) >= 11 is 6.09. The lowest BCUT2D eigenvalue weighted by molar-refractivity contribution is -0.116. The van der Waals surface area contributed by atoms with Gasteiger partial charge < -0.3 is 10.1 Å². The molecule has 126 valence electrons. The second-order valence-corrected chi connectivity index (χ2v) is 5.52. The molecule has 2 aromatic rings. The zero-order chi connectivity index (χ0) is 18.1. The first-order valence-electron chi connectivity index (χ1n) is 7.61. The standard InChI is InChI=1S/C20H17ClN2O2/c1-2-11-23-20(24)17(13-22)12-15-7-9-18(10-8-15)25-14-16-5-3-4-6-19(16)21/h2-10,12H,1,11,14H2,(H,23,24)/b17-12-.